The van der Waals surface area contributed by atoms with Crippen LogP contribution in [-0.2, 0) is 6.54 Å². The molecule has 8 heteroatoms. The highest BCUT2D eigenvalue weighted by atomic mass is 16.6. The number of aryl methyl sites for hydroxylation is 1. The number of nitrogens with zero attached hydrogens (tertiary/aromatic N) is 4. The molecule has 2 heterocycles. The zero-order valence-electron chi connectivity index (χ0n) is 13.0. The van der Waals surface area contributed by atoms with E-state index in [-0.39, 0.29) is 18.8 Å². The van der Waals surface area contributed by atoms with Crippen LogP contribution in [0.1, 0.15) is 5.69 Å². The van der Waals surface area contributed by atoms with Crippen molar-refractivity contribution in [1.29, 1.82) is 0 Å². The van der Waals surface area contributed by atoms with Gasteiger partial charge in [0.05, 0.1) is 11.5 Å². The van der Waals surface area contributed by atoms with Crippen molar-refractivity contribution in [3.8, 4) is 5.75 Å². The van der Waals surface area contributed by atoms with Gasteiger partial charge in [-0.05, 0) is 19.1 Å². The number of benzene rings is 1. The minimum absolute atomic E-state index is 0.0302. The molecule has 0 saturated heterocycles. The number of ether oxygens (including phenoxy) is 1. The Morgan fingerprint density at radius 1 is 1.38 bits per heavy atom. The van der Waals surface area contributed by atoms with Gasteiger partial charge in [-0.1, -0.05) is 18.2 Å². The van der Waals surface area contributed by atoms with Gasteiger partial charge in [0.2, 0.25) is 0 Å². The zero-order valence-corrected chi connectivity index (χ0v) is 13.0. The molecule has 0 fully saturated rings. The molecular weight excluding hydrogens is 312 g/mol. The Balaban J connectivity index is 1.66. The van der Waals surface area contributed by atoms with Crippen molar-refractivity contribution in [2.24, 2.45) is 0 Å². The van der Waals surface area contributed by atoms with Gasteiger partial charge in [0.1, 0.15) is 36.4 Å². The van der Waals surface area contributed by atoms with E-state index in [1.165, 1.54) is 10.9 Å². The molecule has 0 amide bonds. The third-order valence-electron chi connectivity index (χ3n) is 3.48. The number of hydrogen-bond acceptors (Lipinski definition) is 6. The van der Waals surface area contributed by atoms with Crippen LogP contribution in [0.2, 0.25) is 0 Å². The number of aromatic nitrogens is 3. The average Bonchev–Trinajstić information content (AvgIpc) is 3.01. The van der Waals surface area contributed by atoms with Crippen LogP contribution in [0.15, 0.2) is 42.7 Å². The van der Waals surface area contributed by atoms with E-state index < -0.39 is 11.0 Å². The molecule has 1 unspecified atom stereocenters. The van der Waals surface area contributed by atoms with Crippen molar-refractivity contribution in [1.82, 2.24) is 14.8 Å². The van der Waals surface area contributed by atoms with E-state index in [1.54, 1.807) is 6.07 Å². The monoisotopic (exact) mass is 328 g/mol. The molecule has 2 aromatic heterocycles. The third-order valence-corrected chi connectivity index (χ3v) is 3.48. The second-order valence-corrected chi connectivity index (χ2v) is 5.42. The summed E-state index contributed by atoms with van der Waals surface area (Å²) in [5.41, 5.74) is 1.50. The van der Waals surface area contributed by atoms with E-state index in [4.69, 9.17) is 4.74 Å². The number of hydrogen-bond donors (Lipinski definition) is 1. The smallest absolute Gasteiger partial charge is 0.306 e. The maximum absolute atomic E-state index is 10.6. The van der Waals surface area contributed by atoms with Crippen LogP contribution < -0.4 is 4.74 Å². The van der Waals surface area contributed by atoms with Gasteiger partial charge in [-0.25, -0.2) is 4.98 Å². The fourth-order valence-corrected chi connectivity index (χ4v) is 2.34. The summed E-state index contributed by atoms with van der Waals surface area (Å²) in [6.07, 6.45) is 1.56. The van der Waals surface area contributed by atoms with Crippen molar-refractivity contribution in [3.05, 3.63) is 58.5 Å². The Morgan fingerprint density at radius 2 is 2.21 bits per heavy atom. The van der Waals surface area contributed by atoms with E-state index in [2.05, 4.69) is 10.1 Å². The lowest BCUT2D eigenvalue weighted by molar-refractivity contribution is -0.385. The summed E-state index contributed by atoms with van der Waals surface area (Å²) in [6.45, 7) is 2.03. The van der Waals surface area contributed by atoms with Crippen LogP contribution in [0.25, 0.3) is 10.9 Å². The molecule has 1 atom stereocenters. The molecule has 0 aliphatic rings. The number of fused-ring (bicyclic) bond motifs is 1. The maximum Gasteiger partial charge on any atom is 0.306 e. The Morgan fingerprint density at radius 3 is 2.96 bits per heavy atom. The molecule has 3 rings (SSSR count). The molecule has 0 spiro atoms. The highest BCUT2D eigenvalue weighted by molar-refractivity contribution is 5.84. The summed E-state index contributed by atoms with van der Waals surface area (Å²) in [7, 11) is 0. The molecule has 8 nitrogen and oxygen atoms in total. The lowest BCUT2D eigenvalue weighted by Crippen LogP contribution is -2.23. The molecule has 0 radical (unpaired) electrons. The van der Waals surface area contributed by atoms with Crippen LogP contribution in [0.4, 0.5) is 5.69 Å². The van der Waals surface area contributed by atoms with Crippen LogP contribution in [0.5, 0.6) is 5.75 Å². The Labute approximate surface area is 137 Å². The number of pyridine rings is 1. The molecule has 1 N–H and O–H groups in total. The molecule has 0 saturated carbocycles. The van der Waals surface area contributed by atoms with Gasteiger partial charge in [-0.3, -0.25) is 14.8 Å². The van der Waals surface area contributed by atoms with Gasteiger partial charge >= 0.3 is 5.69 Å². The second kappa shape index (κ2) is 6.63. The van der Waals surface area contributed by atoms with Crippen LogP contribution in [0.3, 0.4) is 0 Å². The lowest BCUT2D eigenvalue weighted by atomic mass is 10.2. The highest BCUT2D eigenvalue weighted by Crippen LogP contribution is 2.24. The third kappa shape index (κ3) is 3.49. The number of nitro groups is 1. The summed E-state index contributed by atoms with van der Waals surface area (Å²) in [6, 6.07) is 9.47. The lowest BCUT2D eigenvalue weighted by Gasteiger charge is -2.13. The first-order valence-corrected chi connectivity index (χ1v) is 7.37. The average molecular weight is 328 g/mol. The zero-order chi connectivity index (χ0) is 17.1. The van der Waals surface area contributed by atoms with Crippen molar-refractivity contribution < 1.29 is 14.8 Å². The molecule has 24 heavy (non-hydrogen) atoms. The first kappa shape index (κ1) is 15.9. The van der Waals surface area contributed by atoms with Crippen molar-refractivity contribution >= 4 is 16.6 Å². The van der Waals surface area contributed by atoms with Crippen molar-refractivity contribution in [3.63, 3.8) is 0 Å². The predicted octanol–water partition coefficient (Wildman–Crippen LogP) is 2.09. The molecule has 0 bridgehead atoms. The van der Waals surface area contributed by atoms with Gasteiger partial charge in [0.25, 0.3) is 0 Å². The summed E-state index contributed by atoms with van der Waals surface area (Å²) >= 11 is 0. The fraction of sp³-hybridized carbons (Fsp3) is 0.250. The van der Waals surface area contributed by atoms with E-state index in [1.807, 2.05) is 31.2 Å². The second-order valence-electron chi connectivity index (χ2n) is 5.42. The molecule has 0 aliphatic heterocycles. The first-order chi connectivity index (χ1) is 11.5. The predicted molar refractivity (Wildman–Crippen MR) is 86.9 cm³/mol. The van der Waals surface area contributed by atoms with Crippen LogP contribution in [0, 0.1) is 17.0 Å². The number of para-hydroxylation sites is 1. The molecule has 1 aromatic carbocycles. The Kier molecular flexibility index (Phi) is 4.39. The molecule has 3 aromatic rings. The van der Waals surface area contributed by atoms with Crippen LogP contribution in [-0.4, -0.2) is 37.5 Å². The SMILES string of the molecule is Cc1ccc2cccc(OCC(O)Cn3cc([N+](=O)[O-])cn3)c2n1. The highest BCUT2D eigenvalue weighted by Gasteiger charge is 2.13. The van der Waals surface area contributed by atoms with E-state index in [9.17, 15) is 15.2 Å². The summed E-state index contributed by atoms with van der Waals surface area (Å²) in [4.78, 5) is 14.6. The minimum Gasteiger partial charge on any atom is -0.489 e. The van der Waals surface area contributed by atoms with E-state index in [0.29, 0.717) is 5.75 Å². The van der Waals surface area contributed by atoms with Gasteiger partial charge in [0.15, 0.2) is 0 Å². The van der Waals surface area contributed by atoms with E-state index in [0.717, 1.165) is 22.8 Å². The quantitative estimate of drug-likeness (QED) is 0.549. The van der Waals surface area contributed by atoms with Crippen molar-refractivity contribution in [2.75, 3.05) is 6.61 Å². The maximum atomic E-state index is 10.6. The largest absolute Gasteiger partial charge is 0.489 e. The van der Waals surface area contributed by atoms with Gasteiger partial charge in [-0.15, -0.1) is 0 Å². The number of aliphatic hydroxyl groups is 1. The topological polar surface area (TPSA) is 103 Å². The molecule has 0 aliphatic carbocycles. The van der Waals surface area contributed by atoms with Crippen molar-refractivity contribution in [2.45, 2.75) is 19.6 Å². The van der Waals surface area contributed by atoms with Gasteiger partial charge in [-0.2, -0.15) is 5.10 Å². The minimum atomic E-state index is -0.857. The summed E-state index contributed by atoms with van der Waals surface area (Å²) in [5.74, 6) is 0.585. The summed E-state index contributed by atoms with van der Waals surface area (Å²) in [5, 5.41) is 25.5. The number of rotatable bonds is 6. The normalized spacial score (nSPS) is 12.2. The number of aliphatic hydroxyl groups excluding tert-OH is 1. The Bertz CT molecular complexity index is 877. The van der Waals surface area contributed by atoms with Crippen LogP contribution >= 0.6 is 0 Å². The molecule has 124 valence electrons. The Hall–Kier alpha value is -3.00. The van der Waals surface area contributed by atoms with E-state index >= 15 is 0 Å². The standard InChI is InChI=1S/C16H16N4O4/c1-11-5-6-12-3-2-4-15(16(12)18-11)24-10-14(21)9-19-8-13(7-17-19)20(22)23/h2-8,14,21H,9-10H2,1H3. The molecular formula is C16H16N4O4. The van der Waals surface area contributed by atoms with Gasteiger partial charge < -0.3 is 9.84 Å². The first-order valence-electron chi connectivity index (χ1n) is 7.37. The van der Waals surface area contributed by atoms with Gasteiger partial charge in [0, 0.05) is 11.1 Å². The fourth-order valence-electron chi connectivity index (χ4n) is 2.34. The summed E-state index contributed by atoms with van der Waals surface area (Å²) < 4.78 is 6.99.